The van der Waals surface area contributed by atoms with Gasteiger partial charge in [-0.05, 0) is 163 Å². The summed E-state index contributed by atoms with van der Waals surface area (Å²) in [4.78, 5) is 5.10. The fourth-order valence-electron chi connectivity index (χ4n) is 14.2. The van der Waals surface area contributed by atoms with Crippen LogP contribution in [0.15, 0.2) is 243 Å². The van der Waals surface area contributed by atoms with Crippen LogP contribution in [0.4, 0.5) is 34.1 Å². The first-order valence-electron chi connectivity index (χ1n) is 27.3. The molecule has 0 spiro atoms. The Hall–Kier alpha value is -8.55. The highest BCUT2D eigenvalue weighted by Gasteiger charge is 2.41. The van der Waals surface area contributed by atoms with Crippen LogP contribution in [0, 0.1) is 0 Å². The fraction of sp³-hybridized carbons (Fsp3) is 0.0959. The molecule has 0 atom stereocenters. The smallest absolute Gasteiger partial charge is 0.117 e. The zero-order valence-electron chi connectivity index (χ0n) is 44.5. The number of para-hydroxylation sites is 4. The molecule has 77 heavy (non-hydrogen) atoms. The third-order valence-electron chi connectivity index (χ3n) is 18.0. The van der Waals surface area contributed by atoms with E-state index in [1.54, 1.807) is 0 Å². The van der Waals surface area contributed by atoms with E-state index in [0.717, 1.165) is 5.69 Å². The molecule has 12 aromatic carbocycles. The molecule has 0 aromatic heterocycles. The molecule has 0 bridgehead atoms. The van der Waals surface area contributed by atoms with Crippen molar-refractivity contribution in [3.8, 4) is 44.5 Å². The minimum absolute atomic E-state index is 0.165. The topological polar surface area (TPSA) is 6.48 Å². The summed E-state index contributed by atoms with van der Waals surface area (Å²) < 4.78 is 0. The van der Waals surface area contributed by atoms with E-state index in [1.807, 2.05) is 0 Å². The molecule has 0 amide bonds. The largest absolute Gasteiger partial charge is 0.311 e. The number of nitrogens with zero attached hydrogens (tertiary/aromatic N) is 2. The number of hydrogen-bond acceptors (Lipinski definition) is 2. The van der Waals surface area contributed by atoms with Crippen molar-refractivity contribution in [3.63, 3.8) is 0 Å². The Morgan fingerprint density at radius 3 is 1.27 bits per heavy atom. The van der Waals surface area contributed by atoms with Gasteiger partial charge in [-0.2, -0.15) is 0 Å². The van der Waals surface area contributed by atoms with Gasteiger partial charge < -0.3 is 9.80 Å². The third-order valence-corrected chi connectivity index (χ3v) is 25.1. The summed E-state index contributed by atoms with van der Waals surface area (Å²) in [5.74, 6) is 0. The summed E-state index contributed by atoms with van der Waals surface area (Å²) in [6, 6.07) is 92.7. The zero-order chi connectivity index (χ0) is 52.0. The first-order chi connectivity index (χ1) is 37.5. The third kappa shape index (κ3) is 6.65. The van der Waals surface area contributed by atoms with E-state index in [1.165, 1.54) is 137 Å². The van der Waals surface area contributed by atoms with Crippen LogP contribution in [0.5, 0.6) is 0 Å². The number of benzene rings is 12. The predicted molar refractivity (Wildman–Crippen MR) is 336 cm³/mol. The molecule has 1 aliphatic carbocycles. The van der Waals surface area contributed by atoms with Gasteiger partial charge in [-0.1, -0.05) is 228 Å². The molecule has 368 valence electrons. The van der Waals surface area contributed by atoms with Gasteiger partial charge in [0.05, 0.1) is 0 Å². The Morgan fingerprint density at radius 1 is 0.299 bits per heavy atom. The molecule has 12 aromatic rings. The summed E-state index contributed by atoms with van der Waals surface area (Å²) in [6.45, 7) is 14.8. The highest BCUT2D eigenvalue weighted by molar-refractivity contribution is 7.03. The lowest BCUT2D eigenvalue weighted by Crippen LogP contribution is -2.58. The lowest BCUT2D eigenvalue weighted by Gasteiger charge is -2.41. The van der Waals surface area contributed by atoms with Gasteiger partial charge in [0.15, 0.2) is 0 Å². The summed E-state index contributed by atoms with van der Waals surface area (Å²) in [5, 5.41) is 13.3. The van der Waals surface area contributed by atoms with E-state index >= 15 is 0 Å². The first-order valence-corrected chi connectivity index (χ1v) is 33.3. The molecule has 0 saturated carbocycles. The molecule has 2 heterocycles. The average molecular weight is 1020 g/mol. The van der Waals surface area contributed by atoms with Gasteiger partial charge in [0.25, 0.3) is 0 Å². The van der Waals surface area contributed by atoms with Crippen molar-refractivity contribution in [1.29, 1.82) is 0 Å². The molecule has 3 aliphatic rings. The van der Waals surface area contributed by atoms with Gasteiger partial charge in [-0.25, -0.2) is 0 Å². The Kier molecular flexibility index (Phi) is 9.95. The van der Waals surface area contributed by atoms with Gasteiger partial charge in [0, 0.05) is 39.5 Å². The second kappa shape index (κ2) is 16.7. The van der Waals surface area contributed by atoms with Crippen LogP contribution in [-0.4, -0.2) is 16.1 Å². The predicted octanol–water partition coefficient (Wildman–Crippen LogP) is 17.7. The lowest BCUT2D eigenvalue weighted by molar-refractivity contribution is 0.660. The van der Waals surface area contributed by atoms with Crippen molar-refractivity contribution in [3.05, 3.63) is 254 Å². The molecule has 0 unspecified atom stereocenters. The zero-order valence-corrected chi connectivity index (χ0v) is 46.5. The normalized spacial score (nSPS) is 15.1. The summed E-state index contributed by atoms with van der Waals surface area (Å²) >= 11 is 0. The molecule has 0 radical (unpaired) electrons. The van der Waals surface area contributed by atoms with Crippen molar-refractivity contribution >= 4 is 103 Å². The SMILES string of the molecule is CC1(C)c2ccccc2-c2ccc(-c3c4ccc(N5c6ccccc6[Si](C)(C)c6ccccc65)cc4c(-c4ccc(-c5cccc6ccccc56)cc4)c4ccc(N5c6ccccc6[Si](C)(C)c6ccccc65)cc34)cc21. The Balaban J connectivity index is 1.04. The molecule has 15 rings (SSSR count). The highest BCUT2D eigenvalue weighted by atomic mass is 28.3. The van der Waals surface area contributed by atoms with E-state index < -0.39 is 16.1 Å². The maximum absolute atomic E-state index is 2.55. The van der Waals surface area contributed by atoms with Gasteiger partial charge >= 0.3 is 0 Å². The summed E-state index contributed by atoms with van der Waals surface area (Å²) in [7, 11) is -4.05. The van der Waals surface area contributed by atoms with Crippen molar-refractivity contribution in [1.82, 2.24) is 0 Å². The molecule has 0 fully saturated rings. The Labute approximate surface area is 454 Å². The van der Waals surface area contributed by atoms with Crippen molar-refractivity contribution in [2.75, 3.05) is 9.80 Å². The maximum atomic E-state index is 2.55. The Bertz CT molecular complexity index is 4340. The molecule has 2 aliphatic heterocycles. The van der Waals surface area contributed by atoms with Crippen LogP contribution in [0.3, 0.4) is 0 Å². The summed E-state index contributed by atoms with van der Waals surface area (Å²) in [6.07, 6.45) is 0. The second-order valence-electron chi connectivity index (χ2n) is 23.2. The van der Waals surface area contributed by atoms with Crippen LogP contribution in [0.1, 0.15) is 25.0 Å². The number of anilines is 6. The van der Waals surface area contributed by atoms with Gasteiger partial charge in [-0.15, -0.1) is 0 Å². The molecular formula is C73H58N2Si2. The molecular weight excluding hydrogens is 961 g/mol. The van der Waals surface area contributed by atoms with Crippen LogP contribution in [-0.2, 0) is 5.41 Å². The lowest BCUT2D eigenvalue weighted by atomic mass is 9.80. The van der Waals surface area contributed by atoms with Gasteiger partial charge in [0.2, 0.25) is 0 Å². The van der Waals surface area contributed by atoms with E-state index in [0.29, 0.717) is 0 Å². The van der Waals surface area contributed by atoms with Crippen LogP contribution >= 0.6 is 0 Å². The van der Waals surface area contributed by atoms with Gasteiger partial charge in [0.1, 0.15) is 16.1 Å². The molecule has 4 heteroatoms. The Morgan fingerprint density at radius 2 is 0.714 bits per heavy atom. The molecule has 0 N–H and O–H groups in total. The number of fused-ring (bicyclic) bond motifs is 10. The fourth-order valence-corrected chi connectivity index (χ4v) is 20.1. The highest BCUT2D eigenvalue weighted by Crippen LogP contribution is 2.53. The van der Waals surface area contributed by atoms with Crippen molar-refractivity contribution in [2.24, 2.45) is 0 Å². The van der Waals surface area contributed by atoms with Crippen LogP contribution in [0.25, 0.3) is 76.8 Å². The van der Waals surface area contributed by atoms with Crippen molar-refractivity contribution in [2.45, 2.75) is 45.5 Å². The average Bonchev–Trinajstić information content (AvgIpc) is 3.84. The standard InChI is InChI=1S/C73H58N2Si2/c1-73(2)61-25-10-9-23-55(61)56-41-38-50(44-62(56)73)72-58-43-40-51(74-63-26-11-15-30-67(63)76(3,4)68-31-16-12-27-64(68)74)45-59(58)71(49-36-34-48(35-37-49)54-24-19-21-47-20-7-8-22-53(47)54)57-42-39-52(46-60(57)72)75-65-28-13-17-32-69(65)77(5,6)70-33-18-14-29-66(70)75/h7-46H,1-6H3. The number of rotatable bonds is 5. The van der Waals surface area contributed by atoms with E-state index in [4.69, 9.17) is 0 Å². The van der Waals surface area contributed by atoms with E-state index in [2.05, 4.69) is 292 Å². The monoisotopic (exact) mass is 1020 g/mol. The van der Waals surface area contributed by atoms with Crippen LogP contribution in [0.2, 0.25) is 26.2 Å². The molecule has 0 saturated heterocycles. The number of hydrogen-bond donors (Lipinski definition) is 0. The van der Waals surface area contributed by atoms with Crippen molar-refractivity contribution < 1.29 is 0 Å². The molecule has 2 nitrogen and oxygen atoms in total. The quantitative estimate of drug-likeness (QED) is 0.125. The summed E-state index contributed by atoms with van der Waals surface area (Å²) in [5.41, 5.74) is 20.1. The van der Waals surface area contributed by atoms with Crippen LogP contribution < -0.4 is 30.5 Å². The minimum Gasteiger partial charge on any atom is -0.311 e. The van der Waals surface area contributed by atoms with Gasteiger partial charge in [-0.3, -0.25) is 0 Å². The second-order valence-corrected chi connectivity index (χ2v) is 31.9. The first kappa shape index (κ1) is 45.8. The minimum atomic E-state index is -2.02. The maximum Gasteiger partial charge on any atom is 0.117 e. The van der Waals surface area contributed by atoms with E-state index in [9.17, 15) is 0 Å². The van der Waals surface area contributed by atoms with E-state index in [-0.39, 0.29) is 5.41 Å².